The van der Waals surface area contributed by atoms with E-state index in [1.807, 2.05) is 11.8 Å². The molecule has 0 aliphatic carbocycles. The fourth-order valence-electron chi connectivity index (χ4n) is 2.81. The van der Waals surface area contributed by atoms with Gasteiger partial charge in [0.2, 0.25) is 5.89 Å². The molecule has 2 saturated heterocycles. The first kappa shape index (κ1) is 14.3. The molecule has 0 spiro atoms. The Balaban J connectivity index is 1.81. The van der Waals surface area contributed by atoms with Crippen LogP contribution in [0.25, 0.3) is 0 Å². The number of hydrogen-bond donors (Lipinski definition) is 1. The third-order valence-corrected chi connectivity index (χ3v) is 5.45. The van der Waals surface area contributed by atoms with Crippen LogP contribution in [0, 0.1) is 0 Å². The van der Waals surface area contributed by atoms with E-state index in [-0.39, 0.29) is 11.5 Å². The Labute approximate surface area is 123 Å². The van der Waals surface area contributed by atoms with Crippen molar-refractivity contribution in [3.8, 4) is 0 Å². The van der Waals surface area contributed by atoms with E-state index in [1.165, 1.54) is 5.75 Å². The maximum Gasteiger partial charge on any atom is 0.234 e. The van der Waals surface area contributed by atoms with Crippen LogP contribution in [-0.2, 0) is 10.2 Å². The quantitative estimate of drug-likeness (QED) is 0.884. The lowest BCUT2D eigenvalue weighted by Gasteiger charge is -2.32. The summed E-state index contributed by atoms with van der Waals surface area (Å²) in [6, 6.07) is 0.251. The minimum absolute atomic E-state index is 0.191. The van der Waals surface area contributed by atoms with Crippen LogP contribution in [0.15, 0.2) is 4.52 Å². The summed E-state index contributed by atoms with van der Waals surface area (Å²) in [5.74, 6) is 3.69. The van der Waals surface area contributed by atoms with Gasteiger partial charge in [-0.3, -0.25) is 4.90 Å². The largest absolute Gasteiger partial charge is 0.381 e. The molecule has 0 radical (unpaired) electrons. The summed E-state index contributed by atoms with van der Waals surface area (Å²) < 4.78 is 11.0. The van der Waals surface area contributed by atoms with Crippen molar-refractivity contribution in [2.24, 2.45) is 5.73 Å². The van der Waals surface area contributed by atoms with Crippen LogP contribution in [0.4, 0.5) is 0 Å². The van der Waals surface area contributed by atoms with Gasteiger partial charge in [0.15, 0.2) is 5.82 Å². The molecule has 1 unspecified atom stereocenters. The predicted octanol–water partition coefficient (Wildman–Crippen LogP) is 0.796. The second-order valence-corrected chi connectivity index (χ2v) is 6.78. The Hall–Kier alpha value is -0.630. The van der Waals surface area contributed by atoms with Gasteiger partial charge in [0.05, 0.1) is 11.5 Å². The Morgan fingerprint density at radius 3 is 2.95 bits per heavy atom. The summed E-state index contributed by atoms with van der Waals surface area (Å²) in [6.07, 6.45) is 1.72. The maximum absolute atomic E-state index is 5.99. The molecular formula is C13H22N4O2S. The number of rotatable bonds is 3. The second-order valence-electron chi connectivity index (χ2n) is 5.63. The van der Waals surface area contributed by atoms with Crippen molar-refractivity contribution in [3.05, 3.63) is 11.7 Å². The molecule has 3 rings (SSSR count). The molecule has 0 saturated carbocycles. The van der Waals surface area contributed by atoms with Crippen LogP contribution >= 0.6 is 11.8 Å². The molecule has 0 aromatic carbocycles. The first-order valence-electron chi connectivity index (χ1n) is 7.15. The highest BCUT2D eigenvalue weighted by atomic mass is 32.2. The maximum atomic E-state index is 5.99. The van der Waals surface area contributed by atoms with Gasteiger partial charge in [-0.1, -0.05) is 5.16 Å². The Kier molecular flexibility index (Phi) is 4.30. The fourth-order valence-corrected chi connectivity index (χ4v) is 4.02. The number of ether oxygens (including phenoxy) is 1. The van der Waals surface area contributed by atoms with Gasteiger partial charge in [0.25, 0.3) is 0 Å². The van der Waals surface area contributed by atoms with Gasteiger partial charge < -0.3 is 15.0 Å². The Bertz CT molecular complexity index is 447. The van der Waals surface area contributed by atoms with Gasteiger partial charge in [0, 0.05) is 37.8 Å². The van der Waals surface area contributed by atoms with Crippen LogP contribution in [0.1, 0.15) is 30.6 Å². The van der Waals surface area contributed by atoms with Gasteiger partial charge in [-0.2, -0.15) is 16.7 Å². The summed E-state index contributed by atoms with van der Waals surface area (Å²) in [5.41, 5.74) is 5.80. The third-order valence-electron chi connectivity index (χ3n) is 4.43. The average molecular weight is 298 g/mol. The van der Waals surface area contributed by atoms with Crippen molar-refractivity contribution >= 4 is 11.8 Å². The SMILES string of the molecule is CN1CCSCC1c1noc(C2(CN)CCOCC2)n1. The van der Waals surface area contributed by atoms with Crippen LogP contribution in [0.2, 0.25) is 0 Å². The first-order valence-corrected chi connectivity index (χ1v) is 8.30. The zero-order valence-corrected chi connectivity index (χ0v) is 12.7. The van der Waals surface area contributed by atoms with E-state index >= 15 is 0 Å². The predicted molar refractivity (Wildman–Crippen MR) is 77.8 cm³/mol. The topological polar surface area (TPSA) is 77.4 Å². The third kappa shape index (κ3) is 2.59. The molecule has 2 fully saturated rings. The summed E-state index contributed by atoms with van der Waals surface area (Å²) >= 11 is 1.94. The van der Waals surface area contributed by atoms with Crippen LogP contribution < -0.4 is 5.73 Å². The van der Waals surface area contributed by atoms with Crippen molar-refractivity contribution < 1.29 is 9.26 Å². The Morgan fingerprint density at radius 1 is 1.45 bits per heavy atom. The minimum Gasteiger partial charge on any atom is -0.381 e. The van der Waals surface area contributed by atoms with Crippen LogP contribution in [-0.4, -0.2) is 59.9 Å². The minimum atomic E-state index is -0.191. The number of thioether (sulfide) groups is 1. The van der Waals surface area contributed by atoms with E-state index in [0.29, 0.717) is 25.6 Å². The van der Waals surface area contributed by atoms with Crippen molar-refractivity contribution in [2.45, 2.75) is 24.3 Å². The second kappa shape index (κ2) is 6.01. The fraction of sp³-hybridized carbons (Fsp3) is 0.846. The molecule has 2 aliphatic heterocycles. The molecule has 3 heterocycles. The standard InChI is InChI=1S/C13H22N4O2S/c1-17-4-7-20-8-10(17)11-15-12(19-16-11)13(9-14)2-5-18-6-3-13/h10H,2-9,14H2,1H3. The van der Waals surface area contributed by atoms with E-state index in [4.69, 9.17) is 15.0 Å². The zero-order chi connectivity index (χ0) is 14.0. The lowest BCUT2D eigenvalue weighted by Crippen LogP contribution is -2.41. The normalized spacial score (nSPS) is 27.6. The number of nitrogens with two attached hydrogens (primary N) is 1. The van der Waals surface area contributed by atoms with Gasteiger partial charge in [0.1, 0.15) is 0 Å². The summed E-state index contributed by atoms with van der Waals surface area (Å²) in [5, 5.41) is 4.22. The molecule has 2 aliphatic rings. The number of aromatic nitrogens is 2. The molecular weight excluding hydrogens is 276 g/mol. The van der Waals surface area contributed by atoms with Crippen molar-refractivity contribution in [1.29, 1.82) is 0 Å². The molecule has 1 aromatic heterocycles. The molecule has 1 atom stereocenters. The van der Waals surface area contributed by atoms with Gasteiger partial charge >= 0.3 is 0 Å². The Morgan fingerprint density at radius 2 is 2.25 bits per heavy atom. The van der Waals surface area contributed by atoms with E-state index in [2.05, 4.69) is 22.1 Å². The zero-order valence-electron chi connectivity index (χ0n) is 11.9. The molecule has 1 aromatic rings. The highest BCUT2D eigenvalue weighted by Gasteiger charge is 2.39. The monoisotopic (exact) mass is 298 g/mol. The lowest BCUT2D eigenvalue weighted by atomic mass is 9.80. The molecule has 2 N–H and O–H groups in total. The molecule has 0 amide bonds. The van der Waals surface area contributed by atoms with Gasteiger partial charge in [-0.05, 0) is 19.9 Å². The highest BCUT2D eigenvalue weighted by Crippen LogP contribution is 2.34. The average Bonchev–Trinajstić information content (AvgIpc) is 2.98. The van der Waals surface area contributed by atoms with Gasteiger partial charge in [-0.15, -0.1) is 0 Å². The first-order chi connectivity index (χ1) is 9.75. The van der Waals surface area contributed by atoms with Crippen LogP contribution in [0.5, 0.6) is 0 Å². The van der Waals surface area contributed by atoms with E-state index in [1.54, 1.807) is 0 Å². The highest BCUT2D eigenvalue weighted by molar-refractivity contribution is 7.99. The van der Waals surface area contributed by atoms with Crippen molar-refractivity contribution in [3.63, 3.8) is 0 Å². The van der Waals surface area contributed by atoms with Crippen molar-refractivity contribution in [2.75, 3.05) is 44.9 Å². The van der Waals surface area contributed by atoms with Gasteiger partial charge in [-0.25, -0.2) is 0 Å². The molecule has 7 heteroatoms. The lowest BCUT2D eigenvalue weighted by molar-refractivity contribution is 0.0409. The van der Waals surface area contributed by atoms with E-state index in [0.717, 1.165) is 31.0 Å². The van der Waals surface area contributed by atoms with Crippen LogP contribution in [0.3, 0.4) is 0 Å². The van der Waals surface area contributed by atoms with E-state index in [9.17, 15) is 0 Å². The smallest absolute Gasteiger partial charge is 0.234 e. The van der Waals surface area contributed by atoms with E-state index < -0.39 is 0 Å². The molecule has 0 bridgehead atoms. The molecule has 112 valence electrons. The number of hydrogen-bond acceptors (Lipinski definition) is 7. The molecule has 6 nitrogen and oxygen atoms in total. The molecule has 20 heavy (non-hydrogen) atoms. The summed E-state index contributed by atoms with van der Waals surface area (Å²) in [7, 11) is 2.12. The summed E-state index contributed by atoms with van der Waals surface area (Å²) in [4.78, 5) is 6.98. The summed E-state index contributed by atoms with van der Waals surface area (Å²) in [6.45, 7) is 3.03. The number of nitrogens with zero attached hydrogens (tertiary/aromatic N) is 3. The van der Waals surface area contributed by atoms with Crippen molar-refractivity contribution in [1.82, 2.24) is 15.0 Å².